The lowest BCUT2D eigenvalue weighted by atomic mass is 10.2. The molecule has 0 aliphatic heterocycles. The van der Waals surface area contributed by atoms with E-state index in [2.05, 4.69) is 15.2 Å². The summed E-state index contributed by atoms with van der Waals surface area (Å²) in [6, 6.07) is 10.0. The molecule has 2 heterocycles. The third-order valence-corrected chi connectivity index (χ3v) is 4.69. The molecule has 27 heavy (non-hydrogen) atoms. The van der Waals surface area contributed by atoms with Gasteiger partial charge in [-0.25, -0.2) is 4.98 Å². The van der Waals surface area contributed by atoms with Crippen LogP contribution in [0.3, 0.4) is 0 Å². The number of hydrogen-bond acceptors (Lipinski definition) is 7. The lowest BCUT2D eigenvalue weighted by Gasteiger charge is -1.98. The summed E-state index contributed by atoms with van der Waals surface area (Å²) in [6.07, 6.45) is -4.50. The fourth-order valence-corrected chi connectivity index (χ4v) is 3.23. The number of halogens is 3. The maximum Gasteiger partial charge on any atom is 0.443 e. The highest BCUT2D eigenvalue weighted by Gasteiger charge is 2.34. The van der Waals surface area contributed by atoms with Crippen molar-refractivity contribution in [2.75, 3.05) is 0 Å². The van der Waals surface area contributed by atoms with Gasteiger partial charge in [0, 0.05) is 23.3 Å². The van der Waals surface area contributed by atoms with Gasteiger partial charge < -0.3 is 4.42 Å². The lowest BCUT2D eigenvalue weighted by Crippen LogP contribution is -2.03. The molecule has 0 saturated heterocycles. The van der Waals surface area contributed by atoms with Gasteiger partial charge in [-0.1, -0.05) is 0 Å². The van der Waals surface area contributed by atoms with Crippen molar-refractivity contribution in [1.29, 1.82) is 0 Å². The quantitative estimate of drug-likeness (QED) is 0.362. The highest BCUT2D eigenvalue weighted by molar-refractivity contribution is 7.18. The van der Waals surface area contributed by atoms with Gasteiger partial charge in [-0.15, -0.1) is 21.5 Å². The summed E-state index contributed by atoms with van der Waals surface area (Å²) in [4.78, 5) is 13.7. The van der Waals surface area contributed by atoms with Gasteiger partial charge in [-0.3, -0.25) is 10.1 Å². The Morgan fingerprint density at radius 2 is 1.63 bits per heavy atom. The molecule has 0 amide bonds. The summed E-state index contributed by atoms with van der Waals surface area (Å²) < 4.78 is 44.2. The Morgan fingerprint density at radius 1 is 1.00 bits per heavy atom. The molecule has 0 spiro atoms. The number of alkyl halides is 3. The van der Waals surface area contributed by atoms with E-state index in [-0.39, 0.29) is 23.0 Å². The van der Waals surface area contributed by atoms with Crippen molar-refractivity contribution in [3.63, 3.8) is 0 Å². The first-order valence-electron chi connectivity index (χ1n) is 7.38. The lowest BCUT2D eigenvalue weighted by molar-refractivity contribution is -0.384. The average Bonchev–Trinajstić information content (AvgIpc) is 3.28. The number of nitro groups is 1. The standard InChI is InChI=1S/C16H7F3N4O3S/c17-16(18,19)15-20-11-6-3-9(7-12(11)27-15)14-22-21-13(26-14)8-1-4-10(5-2-8)23(24)25/h1-7H. The molecule has 0 saturated carbocycles. The van der Waals surface area contributed by atoms with Crippen LogP contribution in [0.15, 0.2) is 46.9 Å². The van der Waals surface area contributed by atoms with E-state index < -0.39 is 16.1 Å². The minimum Gasteiger partial charge on any atom is -0.416 e. The SMILES string of the molecule is O=[N+]([O-])c1ccc(-c2nnc(-c3ccc4nc(C(F)(F)F)sc4c3)o2)cc1. The molecule has 0 N–H and O–H groups in total. The smallest absolute Gasteiger partial charge is 0.416 e. The average molecular weight is 392 g/mol. The minimum atomic E-state index is -4.50. The maximum atomic E-state index is 12.8. The molecule has 136 valence electrons. The summed E-state index contributed by atoms with van der Waals surface area (Å²) in [7, 11) is 0. The van der Waals surface area contributed by atoms with Crippen molar-refractivity contribution in [3.05, 3.63) is 57.6 Å². The molecule has 0 unspecified atom stereocenters. The Labute approximate surface area is 152 Å². The van der Waals surface area contributed by atoms with Gasteiger partial charge in [0.1, 0.15) is 0 Å². The molecular weight excluding hydrogens is 385 g/mol. The number of nitrogens with zero attached hydrogens (tertiary/aromatic N) is 4. The first-order valence-corrected chi connectivity index (χ1v) is 8.19. The van der Waals surface area contributed by atoms with Crippen molar-refractivity contribution < 1.29 is 22.5 Å². The predicted octanol–water partition coefficient (Wildman–Crippen LogP) is 4.94. The molecule has 4 aromatic rings. The highest BCUT2D eigenvalue weighted by Crippen LogP contribution is 2.37. The third-order valence-electron chi connectivity index (χ3n) is 3.63. The Bertz CT molecular complexity index is 1150. The van der Waals surface area contributed by atoms with Crippen molar-refractivity contribution in [2.24, 2.45) is 0 Å². The number of nitro benzene ring substituents is 1. The second-order valence-electron chi connectivity index (χ2n) is 5.42. The van der Waals surface area contributed by atoms with E-state index in [9.17, 15) is 23.3 Å². The molecule has 4 rings (SSSR count). The van der Waals surface area contributed by atoms with Crippen molar-refractivity contribution in [1.82, 2.24) is 15.2 Å². The van der Waals surface area contributed by atoms with Gasteiger partial charge in [0.2, 0.25) is 11.8 Å². The Morgan fingerprint density at radius 3 is 2.26 bits per heavy atom. The molecule has 11 heteroatoms. The zero-order valence-electron chi connectivity index (χ0n) is 13.1. The van der Waals surface area contributed by atoms with Gasteiger partial charge in [0.15, 0.2) is 5.01 Å². The van der Waals surface area contributed by atoms with E-state index in [1.165, 1.54) is 42.5 Å². The van der Waals surface area contributed by atoms with Crippen LogP contribution in [-0.4, -0.2) is 20.1 Å². The Balaban J connectivity index is 1.67. The van der Waals surface area contributed by atoms with Crippen LogP contribution in [-0.2, 0) is 6.18 Å². The fraction of sp³-hybridized carbons (Fsp3) is 0.0625. The molecule has 0 radical (unpaired) electrons. The van der Waals surface area contributed by atoms with E-state index in [4.69, 9.17) is 4.42 Å². The summed E-state index contributed by atoms with van der Waals surface area (Å²) in [6.45, 7) is 0. The minimum absolute atomic E-state index is 0.0744. The second-order valence-corrected chi connectivity index (χ2v) is 6.45. The fourth-order valence-electron chi connectivity index (χ4n) is 2.36. The molecule has 2 aromatic heterocycles. The van der Waals surface area contributed by atoms with Crippen molar-refractivity contribution >= 4 is 27.2 Å². The normalized spacial score (nSPS) is 11.8. The van der Waals surface area contributed by atoms with Crippen LogP contribution in [0.2, 0.25) is 0 Å². The number of hydrogen-bond donors (Lipinski definition) is 0. The highest BCUT2D eigenvalue weighted by atomic mass is 32.1. The summed E-state index contributed by atoms with van der Waals surface area (Å²) in [5.74, 6) is 0.257. The van der Waals surface area contributed by atoms with Crippen LogP contribution in [0.4, 0.5) is 18.9 Å². The van der Waals surface area contributed by atoms with Gasteiger partial charge in [0.25, 0.3) is 5.69 Å². The van der Waals surface area contributed by atoms with Crippen LogP contribution in [0.25, 0.3) is 33.1 Å². The van der Waals surface area contributed by atoms with E-state index >= 15 is 0 Å². The number of fused-ring (bicyclic) bond motifs is 1. The Hall–Kier alpha value is -3.34. The second kappa shape index (κ2) is 6.13. The molecule has 0 atom stereocenters. The van der Waals surface area contributed by atoms with Gasteiger partial charge in [-0.2, -0.15) is 13.2 Å². The third kappa shape index (κ3) is 3.24. The van der Waals surface area contributed by atoms with E-state index in [1.54, 1.807) is 0 Å². The van der Waals surface area contributed by atoms with Gasteiger partial charge in [0.05, 0.1) is 15.1 Å². The summed E-state index contributed by atoms with van der Waals surface area (Å²) in [5, 5.41) is 17.5. The van der Waals surface area contributed by atoms with Crippen LogP contribution in [0, 0.1) is 10.1 Å². The Kier molecular flexibility index (Phi) is 3.88. The molecule has 0 bridgehead atoms. The maximum absolute atomic E-state index is 12.8. The summed E-state index contributed by atoms with van der Waals surface area (Å²) in [5.41, 5.74) is 1.08. The number of non-ortho nitro benzene ring substituents is 1. The molecule has 0 aliphatic rings. The monoisotopic (exact) mass is 392 g/mol. The molecule has 0 fully saturated rings. The molecular formula is C16H7F3N4O3S. The van der Waals surface area contributed by atoms with Crippen molar-refractivity contribution in [2.45, 2.75) is 6.18 Å². The van der Waals surface area contributed by atoms with Gasteiger partial charge >= 0.3 is 6.18 Å². The van der Waals surface area contributed by atoms with E-state index in [0.29, 0.717) is 27.2 Å². The summed E-state index contributed by atoms with van der Waals surface area (Å²) >= 11 is 0.531. The number of aromatic nitrogens is 3. The zero-order chi connectivity index (χ0) is 19.2. The largest absolute Gasteiger partial charge is 0.443 e. The topological polar surface area (TPSA) is 95.0 Å². The van der Waals surface area contributed by atoms with E-state index in [1.807, 2.05) is 0 Å². The van der Waals surface area contributed by atoms with Crippen LogP contribution in [0.5, 0.6) is 0 Å². The van der Waals surface area contributed by atoms with E-state index in [0.717, 1.165) is 0 Å². The number of rotatable bonds is 3. The zero-order valence-corrected chi connectivity index (χ0v) is 13.9. The number of thiazole rings is 1. The van der Waals surface area contributed by atoms with Gasteiger partial charge in [-0.05, 0) is 30.3 Å². The first-order chi connectivity index (χ1) is 12.8. The molecule has 2 aromatic carbocycles. The number of benzene rings is 2. The van der Waals surface area contributed by atoms with Crippen LogP contribution >= 0.6 is 11.3 Å². The molecule has 0 aliphatic carbocycles. The van der Waals surface area contributed by atoms with Crippen LogP contribution in [0.1, 0.15) is 5.01 Å². The predicted molar refractivity (Wildman–Crippen MR) is 90.0 cm³/mol. The van der Waals surface area contributed by atoms with Crippen LogP contribution < -0.4 is 0 Å². The molecule has 7 nitrogen and oxygen atoms in total. The van der Waals surface area contributed by atoms with Crippen molar-refractivity contribution in [3.8, 4) is 22.9 Å². The first kappa shape index (κ1) is 17.1.